The van der Waals surface area contributed by atoms with Gasteiger partial charge in [-0.25, -0.2) is 9.67 Å². The molecule has 0 fully saturated rings. The van der Waals surface area contributed by atoms with Crippen LogP contribution in [-0.2, 0) is 5.54 Å². The van der Waals surface area contributed by atoms with Crippen molar-refractivity contribution >= 4 is 5.78 Å². The van der Waals surface area contributed by atoms with Crippen LogP contribution in [0.4, 0.5) is 0 Å². The Balaban J connectivity index is 1.92. The molecule has 1 heterocycles. The summed E-state index contributed by atoms with van der Waals surface area (Å²) in [4.78, 5) is 17.5. The van der Waals surface area contributed by atoms with E-state index < -0.39 is 5.54 Å². The molecule has 4 rings (SSSR count). The van der Waals surface area contributed by atoms with Crippen LogP contribution in [0.15, 0.2) is 97.3 Å². The molecule has 4 heteroatoms. The van der Waals surface area contributed by atoms with Gasteiger partial charge in [0.1, 0.15) is 11.9 Å². The van der Waals surface area contributed by atoms with Crippen LogP contribution >= 0.6 is 0 Å². The highest BCUT2D eigenvalue weighted by Crippen LogP contribution is 2.40. The van der Waals surface area contributed by atoms with Crippen LogP contribution in [0.2, 0.25) is 0 Å². The number of ketones is 1. The first kappa shape index (κ1) is 21.7. The van der Waals surface area contributed by atoms with Crippen molar-refractivity contribution in [3.8, 4) is 0 Å². The summed E-state index contributed by atoms with van der Waals surface area (Å²) in [5.41, 5.74) is 2.42. The monoisotopic (exact) mass is 423 g/mol. The minimum absolute atomic E-state index is 0.000495. The summed E-state index contributed by atoms with van der Waals surface area (Å²) in [6.45, 7) is 4.25. The van der Waals surface area contributed by atoms with Crippen LogP contribution in [0.1, 0.15) is 60.4 Å². The van der Waals surface area contributed by atoms with Crippen molar-refractivity contribution in [2.24, 2.45) is 5.92 Å². The van der Waals surface area contributed by atoms with Crippen LogP contribution in [0.3, 0.4) is 0 Å². The summed E-state index contributed by atoms with van der Waals surface area (Å²) >= 11 is 0. The van der Waals surface area contributed by atoms with Crippen molar-refractivity contribution < 1.29 is 4.79 Å². The molecule has 0 radical (unpaired) electrons. The Morgan fingerprint density at radius 1 is 0.781 bits per heavy atom. The molecule has 0 aliphatic rings. The summed E-state index contributed by atoms with van der Waals surface area (Å²) in [7, 11) is 0. The van der Waals surface area contributed by atoms with Crippen molar-refractivity contribution in [3.05, 3.63) is 120 Å². The van der Waals surface area contributed by atoms with E-state index in [-0.39, 0.29) is 11.6 Å². The molecule has 0 saturated heterocycles. The molecule has 162 valence electrons. The van der Waals surface area contributed by atoms with Gasteiger partial charge in [-0.3, -0.25) is 4.79 Å². The Hall–Kier alpha value is -3.53. The second-order valence-electron chi connectivity index (χ2n) is 8.13. The number of aromatic nitrogens is 3. The van der Waals surface area contributed by atoms with Gasteiger partial charge in [0.2, 0.25) is 11.6 Å². The third-order valence-electron chi connectivity index (χ3n) is 6.29. The van der Waals surface area contributed by atoms with Crippen molar-refractivity contribution in [3.63, 3.8) is 0 Å². The third-order valence-corrected chi connectivity index (χ3v) is 6.29. The molecule has 3 aromatic carbocycles. The number of hydrogen-bond acceptors (Lipinski definition) is 3. The van der Waals surface area contributed by atoms with E-state index >= 15 is 0 Å². The first-order valence-electron chi connectivity index (χ1n) is 11.3. The smallest absolute Gasteiger partial charge is 0.217 e. The van der Waals surface area contributed by atoms with Gasteiger partial charge in [0, 0.05) is 6.42 Å². The highest BCUT2D eigenvalue weighted by atomic mass is 16.1. The first-order valence-corrected chi connectivity index (χ1v) is 11.3. The van der Waals surface area contributed by atoms with Crippen LogP contribution in [0, 0.1) is 5.92 Å². The molecule has 0 atom stereocenters. The lowest BCUT2D eigenvalue weighted by atomic mass is 9.77. The highest BCUT2D eigenvalue weighted by Gasteiger charge is 2.40. The number of benzene rings is 3. The van der Waals surface area contributed by atoms with Gasteiger partial charge in [-0.1, -0.05) is 118 Å². The topological polar surface area (TPSA) is 47.8 Å². The maximum absolute atomic E-state index is 13.0. The summed E-state index contributed by atoms with van der Waals surface area (Å²) in [5.74, 6) is 0.640. The van der Waals surface area contributed by atoms with E-state index in [2.05, 4.69) is 55.2 Å². The molecule has 0 N–H and O–H groups in total. The van der Waals surface area contributed by atoms with Gasteiger partial charge < -0.3 is 0 Å². The fraction of sp³-hybridized carbons (Fsp3) is 0.250. The number of rotatable bonds is 9. The number of carbonyl (C=O) groups excluding carboxylic acids is 1. The predicted molar refractivity (Wildman–Crippen MR) is 128 cm³/mol. The molecule has 0 aliphatic carbocycles. The van der Waals surface area contributed by atoms with Crippen LogP contribution < -0.4 is 0 Å². The lowest BCUT2D eigenvalue weighted by molar-refractivity contribution is 0.0948. The van der Waals surface area contributed by atoms with Crippen LogP contribution in [0.5, 0.6) is 0 Å². The van der Waals surface area contributed by atoms with E-state index in [1.165, 1.54) is 0 Å². The predicted octanol–water partition coefficient (Wildman–Crippen LogP) is 6.13. The minimum Gasteiger partial charge on any atom is -0.291 e. The van der Waals surface area contributed by atoms with Gasteiger partial charge in [-0.2, -0.15) is 0 Å². The second-order valence-corrected chi connectivity index (χ2v) is 8.13. The Kier molecular flexibility index (Phi) is 6.60. The molecule has 32 heavy (non-hydrogen) atoms. The molecule has 4 aromatic rings. The molecular weight excluding hydrogens is 394 g/mol. The number of hydrogen-bond donors (Lipinski definition) is 0. The lowest BCUT2D eigenvalue weighted by Gasteiger charge is -2.35. The number of nitrogens with zero attached hydrogens (tertiary/aromatic N) is 3. The third kappa shape index (κ3) is 4.01. The zero-order chi connectivity index (χ0) is 22.4. The van der Waals surface area contributed by atoms with E-state index in [0.717, 1.165) is 29.5 Å². The molecule has 0 bridgehead atoms. The molecule has 0 unspecified atom stereocenters. The van der Waals surface area contributed by atoms with Crippen molar-refractivity contribution in [2.45, 2.75) is 38.6 Å². The van der Waals surface area contributed by atoms with Crippen LogP contribution in [0.25, 0.3) is 0 Å². The Morgan fingerprint density at radius 2 is 1.22 bits per heavy atom. The molecular formula is C28H29N3O. The zero-order valence-electron chi connectivity index (χ0n) is 18.7. The van der Waals surface area contributed by atoms with Gasteiger partial charge in [0.15, 0.2) is 0 Å². The summed E-state index contributed by atoms with van der Waals surface area (Å²) < 4.78 is 1.85. The fourth-order valence-corrected chi connectivity index (χ4v) is 4.42. The van der Waals surface area contributed by atoms with Crippen LogP contribution in [-0.4, -0.2) is 20.5 Å². The fourth-order valence-electron chi connectivity index (χ4n) is 4.42. The Bertz CT molecular complexity index is 1040. The van der Waals surface area contributed by atoms with E-state index in [0.29, 0.717) is 12.3 Å². The van der Waals surface area contributed by atoms with E-state index in [1.807, 2.05) is 59.3 Å². The zero-order valence-corrected chi connectivity index (χ0v) is 18.7. The molecule has 1 aromatic heterocycles. The highest BCUT2D eigenvalue weighted by molar-refractivity contribution is 5.92. The molecule has 0 spiro atoms. The summed E-state index contributed by atoms with van der Waals surface area (Å²) in [6, 6.07) is 30.9. The SMILES string of the molecule is CCC(CC)CC(=O)c1ncn(C(c2ccccc2)(c2ccccc2)c2ccccc2)n1. The van der Waals surface area contributed by atoms with Gasteiger partial charge in [0.05, 0.1) is 0 Å². The quantitative estimate of drug-likeness (QED) is 0.240. The molecule has 4 nitrogen and oxygen atoms in total. The lowest BCUT2D eigenvalue weighted by Crippen LogP contribution is -2.38. The molecule has 0 saturated carbocycles. The van der Waals surface area contributed by atoms with Gasteiger partial charge in [0.25, 0.3) is 0 Å². The normalized spacial score (nSPS) is 11.6. The molecule has 0 aliphatic heterocycles. The van der Waals surface area contributed by atoms with Crippen molar-refractivity contribution in [2.75, 3.05) is 0 Å². The van der Waals surface area contributed by atoms with E-state index in [4.69, 9.17) is 5.10 Å². The minimum atomic E-state index is -0.746. The number of carbonyl (C=O) groups is 1. The van der Waals surface area contributed by atoms with Gasteiger partial charge >= 0.3 is 0 Å². The number of Topliss-reactive ketones (excluding diaryl/α,β-unsaturated/α-hetero) is 1. The first-order chi connectivity index (χ1) is 15.7. The van der Waals surface area contributed by atoms with Gasteiger partial charge in [-0.05, 0) is 22.6 Å². The average molecular weight is 424 g/mol. The Morgan fingerprint density at radius 3 is 1.62 bits per heavy atom. The summed E-state index contributed by atoms with van der Waals surface area (Å²) in [6.07, 6.45) is 4.13. The standard InChI is InChI=1S/C28H29N3O/c1-3-22(4-2)20-26(32)27-29-21-31(30-27)28(23-14-8-5-9-15-23,24-16-10-6-11-17-24)25-18-12-7-13-19-25/h5-19,21-22H,3-4,20H2,1-2H3. The maximum atomic E-state index is 13.0. The summed E-state index contributed by atoms with van der Waals surface area (Å²) in [5, 5.41) is 4.79. The average Bonchev–Trinajstić information content (AvgIpc) is 3.36. The van der Waals surface area contributed by atoms with Crippen molar-refractivity contribution in [1.29, 1.82) is 0 Å². The van der Waals surface area contributed by atoms with E-state index in [9.17, 15) is 4.79 Å². The molecule has 0 amide bonds. The Labute approximate surface area is 190 Å². The second kappa shape index (κ2) is 9.73. The van der Waals surface area contributed by atoms with Crippen molar-refractivity contribution in [1.82, 2.24) is 14.8 Å². The van der Waals surface area contributed by atoms with Gasteiger partial charge in [-0.15, -0.1) is 5.10 Å². The maximum Gasteiger partial charge on any atom is 0.217 e. The van der Waals surface area contributed by atoms with E-state index in [1.54, 1.807) is 6.33 Å². The largest absolute Gasteiger partial charge is 0.291 e.